The van der Waals surface area contributed by atoms with Crippen molar-refractivity contribution in [2.24, 2.45) is 0 Å². The first-order chi connectivity index (χ1) is 10.0. The molecule has 0 radical (unpaired) electrons. The third-order valence-corrected chi connectivity index (χ3v) is 3.69. The number of aromatic hydroxyl groups is 1. The molecule has 110 valence electrons. The Morgan fingerprint density at radius 1 is 1.14 bits per heavy atom. The van der Waals surface area contributed by atoms with E-state index in [9.17, 15) is 19.8 Å². The van der Waals surface area contributed by atoms with Crippen molar-refractivity contribution >= 4 is 23.2 Å². The summed E-state index contributed by atoms with van der Waals surface area (Å²) in [4.78, 5) is 23.1. The average molecular weight is 305 g/mol. The summed E-state index contributed by atoms with van der Waals surface area (Å²) >= 11 is 1.49. The van der Waals surface area contributed by atoms with Gasteiger partial charge in [0.25, 0.3) is 0 Å². The number of carbonyl (C=O) groups is 2. The lowest BCUT2D eigenvalue weighted by molar-refractivity contribution is -0.141. The molecule has 1 aromatic carbocycles. The van der Waals surface area contributed by atoms with E-state index in [4.69, 9.17) is 0 Å². The second-order valence-corrected chi connectivity index (χ2v) is 5.42. The lowest BCUT2D eigenvalue weighted by atomic mass is 10.1. The Labute approximate surface area is 125 Å². The summed E-state index contributed by atoms with van der Waals surface area (Å²) < 4.78 is 0. The van der Waals surface area contributed by atoms with Gasteiger partial charge in [-0.25, -0.2) is 4.79 Å². The van der Waals surface area contributed by atoms with Crippen LogP contribution in [0.25, 0.3) is 0 Å². The standard InChI is InChI=1S/C15H15NO4S/c17-12-3-1-10(2-4-12)7-13(15(19)20)16-14(18)8-11-5-6-21-9-11/h1-6,9,13,17H,7-8H2,(H,16,18)(H,19,20). The van der Waals surface area contributed by atoms with Crippen molar-refractivity contribution in [1.82, 2.24) is 5.32 Å². The fraction of sp³-hybridized carbons (Fsp3) is 0.200. The van der Waals surface area contributed by atoms with Crippen molar-refractivity contribution < 1.29 is 19.8 Å². The van der Waals surface area contributed by atoms with Crippen LogP contribution in [0.1, 0.15) is 11.1 Å². The zero-order valence-electron chi connectivity index (χ0n) is 11.2. The van der Waals surface area contributed by atoms with Crippen LogP contribution in [0.15, 0.2) is 41.1 Å². The second kappa shape index (κ2) is 6.90. The van der Waals surface area contributed by atoms with E-state index in [2.05, 4.69) is 5.32 Å². The molecule has 0 aliphatic carbocycles. The molecule has 21 heavy (non-hydrogen) atoms. The van der Waals surface area contributed by atoms with Crippen LogP contribution < -0.4 is 5.32 Å². The van der Waals surface area contributed by atoms with E-state index in [1.54, 1.807) is 12.1 Å². The number of hydrogen-bond donors (Lipinski definition) is 3. The van der Waals surface area contributed by atoms with Crippen molar-refractivity contribution in [2.75, 3.05) is 0 Å². The van der Waals surface area contributed by atoms with Crippen molar-refractivity contribution in [3.05, 3.63) is 52.2 Å². The lowest BCUT2D eigenvalue weighted by Crippen LogP contribution is -2.42. The second-order valence-electron chi connectivity index (χ2n) is 4.64. The molecule has 1 amide bonds. The van der Waals surface area contributed by atoms with E-state index >= 15 is 0 Å². The van der Waals surface area contributed by atoms with Crippen LogP contribution in [-0.2, 0) is 22.4 Å². The highest BCUT2D eigenvalue weighted by atomic mass is 32.1. The zero-order valence-corrected chi connectivity index (χ0v) is 12.0. The summed E-state index contributed by atoms with van der Waals surface area (Å²) in [6.07, 6.45) is 0.341. The van der Waals surface area contributed by atoms with E-state index < -0.39 is 12.0 Å². The maximum absolute atomic E-state index is 11.9. The number of carboxylic acids is 1. The number of rotatable bonds is 6. The van der Waals surface area contributed by atoms with Crippen LogP contribution in [-0.4, -0.2) is 28.1 Å². The fourth-order valence-corrected chi connectivity index (χ4v) is 2.56. The predicted octanol–water partition coefficient (Wildman–Crippen LogP) is 1.81. The minimum atomic E-state index is -1.08. The topological polar surface area (TPSA) is 86.6 Å². The van der Waals surface area contributed by atoms with Crippen LogP contribution in [0.2, 0.25) is 0 Å². The molecule has 0 aliphatic rings. The monoisotopic (exact) mass is 305 g/mol. The number of thiophene rings is 1. The maximum atomic E-state index is 11.9. The molecule has 0 spiro atoms. The summed E-state index contributed by atoms with van der Waals surface area (Å²) in [7, 11) is 0. The highest BCUT2D eigenvalue weighted by Gasteiger charge is 2.20. The molecule has 1 heterocycles. The first kappa shape index (κ1) is 15.1. The molecular weight excluding hydrogens is 290 g/mol. The molecule has 2 aromatic rings. The van der Waals surface area contributed by atoms with Crippen molar-refractivity contribution in [3.63, 3.8) is 0 Å². The molecule has 0 aliphatic heterocycles. The quantitative estimate of drug-likeness (QED) is 0.759. The van der Waals surface area contributed by atoms with Crippen molar-refractivity contribution in [1.29, 1.82) is 0 Å². The Kier molecular flexibility index (Phi) is 4.94. The van der Waals surface area contributed by atoms with E-state index in [0.717, 1.165) is 11.1 Å². The Morgan fingerprint density at radius 3 is 2.43 bits per heavy atom. The minimum absolute atomic E-state index is 0.118. The van der Waals surface area contributed by atoms with Crippen LogP contribution in [0.5, 0.6) is 5.75 Å². The molecule has 2 rings (SSSR count). The Bertz CT molecular complexity index is 607. The molecule has 0 saturated heterocycles. The first-order valence-electron chi connectivity index (χ1n) is 6.36. The smallest absolute Gasteiger partial charge is 0.326 e. The maximum Gasteiger partial charge on any atom is 0.326 e. The van der Waals surface area contributed by atoms with Gasteiger partial charge in [-0.2, -0.15) is 11.3 Å². The first-order valence-corrected chi connectivity index (χ1v) is 7.30. The average Bonchev–Trinajstić information content (AvgIpc) is 2.93. The van der Waals surface area contributed by atoms with E-state index in [-0.39, 0.29) is 24.5 Å². The van der Waals surface area contributed by atoms with Crippen LogP contribution in [0.4, 0.5) is 0 Å². The molecule has 0 bridgehead atoms. The number of benzene rings is 1. The number of hydrogen-bond acceptors (Lipinski definition) is 4. The molecule has 1 atom stereocenters. The number of nitrogens with one attached hydrogen (secondary N) is 1. The Balaban J connectivity index is 1.97. The summed E-state index contributed by atoms with van der Waals surface area (Å²) in [5, 5.41) is 24.7. The lowest BCUT2D eigenvalue weighted by Gasteiger charge is -2.14. The minimum Gasteiger partial charge on any atom is -0.508 e. The van der Waals surface area contributed by atoms with Crippen LogP contribution in [0, 0.1) is 0 Å². The Hall–Kier alpha value is -2.34. The van der Waals surface area contributed by atoms with Gasteiger partial charge in [-0.15, -0.1) is 0 Å². The van der Waals surface area contributed by atoms with Gasteiger partial charge in [-0.05, 0) is 40.1 Å². The third-order valence-electron chi connectivity index (χ3n) is 2.95. The van der Waals surface area contributed by atoms with Crippen LogP contribution in [0.3, 0.4) is 0 Å². The number of carboxylic acid groups (broad SMARTS) is 1. The highest BCUT2D eigenvalue weighted by Crippen LogP contribution is 2.12. The molecule has 1 unspecified atom stereocenters. The van der Waals surface area contributed by atoms with Gasteiger partial charge in [0.2, 0.25) is 5.91 Å². The molecule has 1 aromatic heterocycles. The molecular formula is C15H15NO4S. The number of phenols is 1. The van der Waals surface area contributed by atoms with E-state index in [0.29, 0.717) is 0 Å². The summed E-state index contributed by atoms with van der Waals surface area (Å²) in [5.41, 5.74) is 1.60. The van der Waals surface area contributed by atoms with Crippen molar-refractivity contribution in [3.8, 4) is 5.75 Å². The van der Waals surface area contributed by atoms with Gasteiger partial charge in [-0.3, -0.25) is 4.79 Å². The fourth-order valence-electron chi connectivity index (χ4n) is 1.89. The van der Waals surface area contributed by atoms with Gasteiger partial charge in [0.15, 0.2) is 0 Å². The summed E-state index contributed by atoms with van der Waals surface area (Å²) in [5.74, 6) is -1.28. The summed E-state index contributed by atoms with van der Waals surface area (Å²) in [6, 6.07) is 7.09. The SMILES string of the molecule is O=C(Cc1ccsc1)NC(Cc1ccc(O)cc1)C(=O)O. The largest absolute Gasteiger partial charge is 0.508 e. The van der Waals surface area contributed by atoms with Gasteiger partial charge < -0.3 is 15.5 Å². The number of amides is 1. The van der Waals surface area contributed by atoms with Gasteiger partial charge in [-0.1, -0.05) is 12.1 Å². The van der Waals surface area contributed by atoms with Crippen LogP contribution >= 0.6 is 11.3 Å². The normalized spacial score (nSPS) is 11.8. The van der Waals surface area contributed by atoms with Gasteiger partial charge in [0.05, 0.1) is 6.42 Å². The summed E-state index contributed by atoms with van der Waals surface area (Å²) in [6.45, 7) is 0. The molecule has 5 nitrogen and oxygen atoms in total. The number of aliphatic carboxylic acids is 1. The van der Waals surface area contributed by atoms with Gasteiger partial charge in [0, 0.05) is 6.42 Å². The zero-order chi connectivity index (χ0) is 15.2. The third kappa shape index (κ3) is 4.61. The number of phenolic OH excluding ortho intramolecular Hbond substituents is 1. The Morgan fingerprint density at radius 2 is 1.86 bits per heavy atom. The predicted molar refractivity (Wildman–Crippen MR) is 79.4 cm³/mol. The molecule has 6 heteroatoms. The highest BCUT2D eigenvalue weighted by molar-refractivity contribution is 7.07. The van der Waals surface area contributed by atoms with Gasteiger partial charge >= 0.3 is 5.97 Å². The van der Waals surface area contributed by atoms with Gasteiger partial charge in [0.1, 0.15) is 11.8 Å². The molecule has 3 N–H and O–H groups in total. The molecule has 0 fully saturated rings. The van der Waals surface area contributed by atoms with Crippen molar-refractivity contribution in [2.45, 2.75) is 18.9 Å². The van der Waals surface area contributed by atoms with E-state index in [1.807, 2.05) is 16.8 Å². The van der Waals surface area contributed by atoms with E-state index in [1.165, 1.54) is 23.5 Å². The molecule has 0 saturated carbocycles. The number of carbonyl (C=O) groups excluding carboxylic acids is 1.